The monoisotopic (exact) mass is 322 g/mol. The quantitative estimate of drug-likeness (QED) is 0.271. The highest BCUT2D eigenvalue weighted by Gasteiger charge is 2.06. The lowest BCUT2D eigenvalue weighted by molar-refractivity contribution is -0.140. The summed E-state index contributed by atoms with van der Waals surface area (Å²) in [6.45, 7) is 3.93. The van der Waals surface area contributed by atoms with Crippen LogP contribution in [0.15, 0.2) is 42.2 Å². The Kier molecular flexibility index (Phi) is 15.3. The van der Waals surface area contributed by atoms with E-state index in [0.717, 1.165) is 17.9 Å². The van der Waals surface area contributed by atoms with Gasteiger partial charge in [0, 0.05) is 11.5 Å². The summed E-state index contributed by atoms with van der Waals surface area (Å²) in [5.74, 6) is 0.839. The maximum absolute atomic E-state index is 10.6. The van der Waals surface area contributed by atoms with Gasteiger partial charge in [-0.25, -0.2) is 0 Å². The van der Waals surface area contributed by atoms with Crippen LogP contribution in [-0.4, -0.2) is 22.6 Å². The Balaban J connectivity index is 3.50. The van der Waals surface area contributed by atoms with Gasteiger partial charge in [-0.05, 0) is 37.8 Å². The summed E-state index contributed by atoms with van der Waals surface area (Å²) >= 11 is 1.83. The average molecular weight is 323 g/mol. The number of rotatable bonds is 13. The van der Waals surface area contributed by atoms with Crippen molar-refractivity contribution in [2.45, 2.75) is 52.4 Å². The summed E-state index contributed by atoms with van der Waals surface area (Å²) in [5.41, 5.74) is 3.04. The zero-order chi connectivity index (χ0) is 16.5. The van der Waals surface area contributed by atoms with Crippen molar-refractivity contribution in [1.82, 2.24) is 0 Å². The highest BCUT2D eigenvalue weighted by atomic mass is 32.2. The highest BCUT2D eigenvalue weighted by molar-refractivity contribution is 7.99. The van der Waals surface area contributed by atoms with E-state index in [1.807, 2.05) is 17.8 Å². The Morgan fingerprint density at radius 1 is 1.14 bits per heavy atom. The summed E-state index contributed by atoms with van der Waals surface area (Å²) in [4.78, 5) is 10.6. The average Bonchev–Trinajstić information content (AvgIpc) is 2.50. The minimum absolute atomic E-state index is 0.327. The van der Waals surface area contributed by atoms with Crippen LogP contribution in [0.4, 0.5) is 0 Å². The van der Waals surface area contributed by atoms with Gasteiger partial charge in [0.1, 0.15) is 0 Å². The number of aliphatic carboxylic acids is 1. The van der Waals surface area contributed by atoms with E-state index in [0.29, 0.717) is 6.42 Å². The molecule has 0 radical (unpaired) electrons. The number of carbonyl (C=O) groups is 1. The van der Waals surface area contributed by atoms with Gasteiger partial charge in [-0.3, -0.25) is 4.79 Å². The fourth-order valence-electron chi connectivity index (χ4n) is 1.64. The van der Waals surface area contributed by atoms with Crippen molar-refractivity contribution in [3.8, 4) is 0 Å². The third-order valence-corrected chi connectivity index (χ3v) is 3.95. The Morgan fingerprint density at radius 2 is 1.91 bits per heavy atom. The summed E-state index contributed by atoms with van der Waals surface area (Å²) in [6, 6.07) is 0. The van der Waals surface area contributed by atoms with E-state index in [2.05, 4.69) is 37.0 Å². The molecule has 0 aliphatic heterocycles. The summed E-state index contributed by atoms with van der Waals surface area (Å²) in [6.07, 6.45) is 19.4. The maximum Gasteiger partial charge on any atom is 0.306 e. The van der Waals surface area contributed by atoms with Crippen molar-refractivity contribution in [2.75, 3.05) is 11.5 Å². The van der Waals surface area contributed by atoms with Gasteiger partial charge in [0.05, 0.1) is 5.92 Å². The standard InChI is InChI=1S/C19H30O2S/c1-3-4-5-6-7-8-9-10-13-16-22-17-14-11-12-15-18(2)19(20)21/h7-8,10,12-14,18H,3-6,9,15-17H2,1-2H3,(H,20,21)/b8-7-,13-10-. The molecule has 22 heavy (non-hydrogen) atoms. The van der Waals surface area contributed by atoms with Crippen LogP contribution in [0.25, 0.3) is 0 Å². The number of unbranched alkanes of at least 4 members (excludes halogenated alkanes) is 3. The second-order valence-electron chi connectivity index (χ2n) is 5.26. The number of hydrogen-bond donors (Lipinski definition) is 1. The summed E-state index contributed by atoms with van der Waals surface area (Å²) in [5, 5.41) is 8.72. The fraction of sp³-hybridized carbons (Fsp3) is 0.579. The van der Waals surface area contributed by atoms with Crippen LogP contribution in [0.5, 0.6) is 0 Å². The third-order valence-electron chi connectivity index (χ3n) is 3.12. The molecule has 0 aliphatic rings. The summed E-state index contributed by atoms with van der Waals surface area (Å²) in [7, 11) is 0. The van der Waals surface area contributed by atoms with Crippen LogP contribution in [0.2, 0.25) is 0 Å². The molecule has 0 saturated carbocycles. The molecule has 0 aromatic rings. The maximum atomic E-state index is 10.6. The third kappa shape index (κ3) is 15.2. The van der Waals surface area contributed by atoms with E-state index in [-0.39, 0.29) is 5.92 Å². The van der Waals surface area contributed by atoms with Crippen molar-refractivity contribution >= 4 is 17.7 Å². The second kappa shape index (κ2) is 16.2. The lowest BCUT2D eigenvalue weighted by Gasteiger charge is -1.97. The lowest BCUT2D eigenvalue weighted by Crippen LogP contribution is -2.07. The van der Waals surface area contributed by atoms with E-state index in [1.54, 1.807) is 13.0 Å². The Labute approximate surface area is 140 Å². The molecule has 0 spiro atoms. The molecule has 1 unspecified atom stereocenters. The van der Waals surface area contributed by atoms with Gasteiger partial charge in [0.2, 0.25) is 0 Å². The molecule has 0 saturated heterocycles. The van der Waals surface area contributed by atoms with Crippen molar-refractivity contribution in [3.63, 3.8) is 0 Å². The molecule has 0 fully saturated rings. The Morgan fingerprint density at radius 3 is 2.64 bits per heavy atom. The van der Waals surface area contributed by atoms with E-state index in [9.17, 15) is 4.79 Å². The second-order valence-corrected chi connectivity index (χ2v) is 6.34. The van der Waals surface area contributed by atoms with Gasteiger partial charge in [-0.1, -0.05) is 51.0 Å². The predicted molar refractivity (Wildman–Crippen MR) is 98.4 cm³/mol. The molecule has 0 aromatic heterocycles. The zero-order valence-electron chi connectivity index (χ0n) is 14.0. The lowest BCUT2D eigenvalue weighted by atomic mass is 10.1. The molecule has 3 heteroatoms. The molecule has 0 aliphatic carbocycles. The topological polar surface area (TPSA) is 37.3 Å². The van der Waals surface area contributed by atoms with Crippen molar-refractivity contribution in [3.05, 3.63) is 42.2 Å². The molecule has 0 rings (SSSR count). The van der Waals surface area contributed by atoms with Crippen molar-refractivity contribution in [1.29, 1.82) is 0 Å². The first kappa shape index (κ1) is 20.8. The molecule has 0 heterocycles. The van der Waals surface area contributed by atoms with Gasteiger partial charge in [0.15, 0.2) is 0 Å². The fourth-order valence-corrected chi connectivity index (χ4v) is 2.26. The smallest absolute Gasteiger partial charge is 0.306 e. The van der Waals surface area contributed by atoms with Gasteiger partial charge in [-0.2, -0.15) is 11.8 Å². The van der Waals surface area contributed by atoms with E-state index < -0.39 is 5.97 Å². The molecule has 1 atom stereocenters. The van der Waals surface area contributed by atoms with Gasteiger partial charge >= 0.3 is 5.97 Å². The number of carboxylic acids is 1. The van der Waals surface area contributed by atoms with Crippen LogP contribution in [0.1, 0.15) is 52.4 Å². The van der Waals surface area contributed by atoms with E-state index in [1.165, 1.54) is 25.7 Å². The van der Waals surface area contributed by atoms with Gasteiger partial charge in [-0.15, -0.1) is 5.73 Å². The molecular formula is C19H30O2S. The van der Waals surface area contributed by atoms with Crippen molar-refractivity contribution < 1.29 is 9.90 Å². The Bertz CT molecular complexity index is 390. The SMILES string of the molecule is CCCCC/C=C\C/C=C\CSCC=C=CCC(C)C(=O)O. The largest absolute Gasteiger partial charge is 0.481 e. The summed E-state index contributed by atoms with van der Waals surface area (Å²) < 4.78 is 0. The first-order valence-corrected chi connectivity index (χ1v) is 9.33. The number of allylic oxidation sites excluding steroid dienone is 3. The first-order valence-electron chi connectivity index (χ1n) is 8.18. The van der Waals surface area contributed by atoms with E-state index >= 15 is 0 Å². The molecule has 0 aromatic carbocycles. The first-order chi connectivity index (χ1) is 10.7. The normalized spacial score (nSPS) is 12.5. The van der Waals surface area contributed by atoms with Gasteiger partial charge < -0.3 is 5.11 Å². The number of hydrogen-bond acceptors (Lipinski definition) is 2. The molecule has 124 valence electrons. The van der Waals surface area contributed by atoms with Crippen LogP contribution >= 0.6 is 11.8 Å². The minimum Gasteiger partial charge on any atom is -0.481 e. The number of thioether (sulfide) groups is 1. The predicted octanol–water partition coefficient (Wildman–Crippen LogP) is 5.62. The Hall–Kier alpha value is -1.18. The highest BCUT2D eigenvalue weighted by Crippen LogP contribution is 2.04. The van der Waals surface area contributed by atoms with Crippen molar-refractivity contribution in [2.24, 2.45) is 5.92 Å². The molecule has 0 amide bonds. The van der Waals surface area contributed by atoms with Crippen LogP contribution < -0.4 is 0 Å². The van der Waals surface area contributed by atoms with Crippen LogP contribution in [-0.2, 0) is 4.79 Å². The van der Waals surface area contributed by atoms with Gasteiger partial charge in [0.25, 0.3) is 0 Å². The molecule has 1 N–H and O–H groups in total. The molecular weight excluding hydrogens is 292 g/mol. The zero-order valence-corrected chi connectivity index (χ0v) is 14.8. The minimum atomic E-state index is -0.753. The molecule has 0 bridgehead atoms. The van der Waals surface area contributed by atoms with Crippen LogP contribution in [0, 0.1) is 5.92 Å². The number of carboxylic acid groups (broad SMARTS) is 1. The van der Waals surface area contributed by atoms with E-state index in [4.69, 9.17) is 5.11 Å². The van der Waals surface area contributed by atoms with Crippen LogP contribution in [0.3, 0.4) is 0 Å². The molecule has 2 nitrogen and oxygen atoms in total.